The van der Waals surface area contributed by atoms with Crippen molar-refractivity contribution in [2.75, 3.05) is 20.1 Å². The monoisotopic (exact) mass is 363 g/mol. The van der Waals surface area contributed by atoms with Gasteiger partial charge >= 0.3 is 11.9 Å². The molecule has 2 aromatic rings. The fourth-order valence-electron chi connectivity index (χ4n) is 2.99. The predicted octanol–water partition coefficient (Wildman–Crippen LogP) is 3.04. The lowest BCUT2D eigenvalue weighted by molar-refractivity contribution is 0.0524. The number of fused-ring (bicyclic) bond motifs is 1. The first-order valence-corrected chi connectivity index (χ1v) is 8.08. The van der Waals surface area contributed by atoms with Crippen LogP contribution in [0, 0.1) is 6.92 Å². The normalized spacial score (nSPS) is 12.3. The van der Waals surface area contributed by atoms with Crippen molar-refractivity contribution in [3.63, 3.8) is 0 Å². The molecule has 0 saturated carbocycles. The fourth-order valence-corrected chi connectivity index (χ4v) is 2.99. The number of alkyl halides is 1. The van der Waals surface area contributed by atoms with Crippen LogP contribution >= 0.6 is 0 Å². The Morgan fingerprint density at radius 2 is 1.92 bits per heavy atom. The van der Waals surface area contributed by atoms with Gasteiger partial charge in [-0.2, -0.15) is 0 Å². The van der Waals surface area contributed by atoms with E-state index in [2.05, 4.69) is 0 Å². The highest BCUT2D eigenvalue weighted by Crippen LogP contribution is 2.40. The van der Waals surface area contributed by atoms with Gasteiger partial charge in [-0.3, -0.25) is 0 Å². The van der Waals surface area contributed by atoms with Gasteiger partial charge in [0.15, 0.2) is 11.5 Å². The summed E-state index contributed by atoms with van der Waals surface area (Å²) in [6.45, 7) is 2.86. The van der Waals surface area contributed by atoms with Crippen molar-refractivity contribution < 1.29 is 33.3 Å². The van der Waals surface area contributed by atoms with Crippen LogP contribution in [-0.2, 0) is 11.3 Å². The van der Waals surface area contributed by atoms with Crippen molar-refractivity contribution in [2.45, 2.75) is 20.4 Å². The first-order chi connectivity index (χ1) is 12.5. The number of nitrogens with zero attached hydrogens (tertiary/aromatic N) is 1. The molecule has 7 nitrogen and oxygen atoms in total. The molecule has 0 fully saturated rings. The first-order valence-electron chi connectivity index (χ1n) is 8.08. The lowest BCUT2D eigenvalue weighted by atomic mass is 10.0. The minimum atomic E-state index is -1.17. The summed E-state index contributed by atoms with van der Waals surface area (Å²) in [7, 11) is 0. The molecule has 138 valence electrons. The summed E-state index contributed by atoms with van der Waals surface area (Å²) < 4.78 is 30.3. The fraction of sp³-hybridized carbons (Fsp3) is 0.333. The largest absolute Gasteiger partial charge is 0.478 e. The van der Waals surface area contributed by atoms with Crippen LogP contribution in [0.3, 0.4) is 0 Å². The Balaban J connectivity index is 2.21. The summed E-state index contributed by atoms with van der Waals surface area (Å²) in [5.74, 6) is -0.978. The number of carboxylic acid groups (broad SMARTS) is 1. The van der Waals surface area contributed by atoms with Crippen molar-refractivity contribution in [3.05, 3.63) is 35.0 Å². The molecular weight excluding hydrogens is 345 g/mol. The van der Waals surface area contributed by atoms with E-state index >= 15 is 0 Å². The van der Waals surface area contributed by atoms with Gasteiger partial charge in [-0.15, -0.1) is 0 Å². The second kappa shape index (κ2) is 7.07. The third-order valence-electron chi connectivity index (χ3n) is 4.19. The van der Waals surface area contributed by atoms with Crippen LogP contribution in [0.15, 0.2) is 18.2 Å². The van der Waals surface area contributed by atoms with Crippen LogP contribution in [0.2, 0.25) is 0 Å². The zero-order valence-electron chi connectivity index (χ0n) is 14.4. The summed E-state index contributed by atoms with van der Waals surface area (Å²) in [6, 6.07) is 4.42. The summed E-state index contributed by atoms with van der Waals surface area (Å²) in [5.41, 5.74) is 1.46. The Morgan fingerprint density at radius 3 is 2.54 bits per heavy atom. The molecular formula is C18H18FNO6. The van der Waals surface area contributed by atoms with E-state index in [1.54, 1.807) is 18.4 Å². The molecule has 8 heteroatoms. The zero-order valence-corrected chi connectivity index (χ0v) is 14.4. The smallest absolute Gasteiger partial charge is 0.339 e. The number of carbonyl (C=O) groups excluding carboxylic acids is 1. The van der Waals surface area contributed by atoms with Gasteiger partial charge in [0.2, 0.25) is 6.79 Å². The van der Waals surface area contributed by atoms with Gasteiger partial charge in [0.25, 0.3) is 0 Å². The lowest BCUT2D eigenvalue weighted by Gasteiger charge is -2.13. The number of halogens is 1. The van der Waals surface area contributed by atoms with E-state index in [-0.39, 0.29) is 31.1 Å². The molecule has 1 aliphatic rings. The van der Waals surface area contributed by atoms with E-state index in [9.17, 15) is 19.1 Å². The average molecular weight is 363 g/mol. The Kier molecular flexibility index (Phi) is 4.83. The molecule has 0 spiro atoms. The van der Waals surface area contributed by atoms with Gasteiger partial charge in [-0.1, -0.05) is 0 Å². The van der Waals surface area contributed by atoms with Gasteiger partial charge in [0.1, 0.15) is 6.67 Å². The van der Waals surface area contributed by atoms with E-state index in [4.69, 9.17) is 14.2 Å². The molecule has 0 atom stereocenters. The summed E-state index contributed by atoms with van der Waals surface area (Å²) in [4.78, 5) is 23.9. The number of rotatable bonds is 6. The highest BCUT2D eigenvalue weighted by atomic mass is 19.1. The third-order valence-corrected chi connectivity index (χ3v) is 4.19. The van der Waals surface area contributed by atoms with Crippen LogP contribution in [0.25, 0.3) is 11.3 Å². The number of hydrogen-bond donors (Lipinski definition) is 1. The van der Waals surface area contributed by atoms with Crippen molar-refractivity contribution in [2.24, 2.45) is 0 Å². The summed E-state index contributed by atoms with van der Waals surface area (Å²) >= 11 is 0. The maximum atomic E-state index is 13.1. The Morgan fingerprint density at radius 1 is 1.23 bits per heavy atom. The van der Waals surface area contributed by atoms with Crippen molar-refractivity contribution in [3.8, 4) is 22.8 Å². The van der Waals surface area contributed by atoms with E-state index in [1.165, 1.54) is 18.2 Å². The molecule has 2 heterocycles. The van der Waals surface area contributed by atoms with Gasteiger partial charge in [0, 0.05) is 11.3 Å². The number of benzene rings is 1. The Bertz CT molecular complexity index is 873. The molecule has 1 aromatic heterocycles. The minimum Gasteiger partial charge on any atom is -0.478 e. The summed E-state index contributed by atoms with van der Waals surface area (Å²) in [5, 5.41) is 9.58. The highest BCUT2D eigenvalue weighted by Gasteiger charge is 2.26. The molecule has 1 N–H and O–H groups in total. The van der Waals surface area contributed by atoms with E-state index in [1.807, 2.05) is 0 Å². The number of esters is 1. The van der Waals surface area contributed by atoms with E-state index in [0.717, 1.165) is 0 Å². The number of carbonyl (C=O) groups is 2. The molecule has 0 bridgehead atoms. The molecule has 0 unspecified atom stereocenters. The Hall–Kier alpha value is -3.03. The Labute approximate surface area is 148 Å². The molecule has 0 aliphatic carbocycles. The van der Waals surface area contributed by atoms with Crippen LogP contribution in [-0.4, -0.2) is 41.7 Å². The molecule has 0 saturated heterocycles. The van der Waals surface area contributed by atoms with Crippen LogP contribution in [0.5, 0.6) is 11.5 Å². The van der Waals surface area contributed by atoms with Gasteiger partial charge in [-0.25, -0.2) is 14.0 Å². The third kappa shape index (κ3) is 2.98. The van der Waals surface area contributed by atoms with Crippen molar-refractivity contribution in [1.82, 2.24) is 4.57 Å². The summed E-state index contributed by atoms with van der Waals surface area (Å²) in [6.07, 6.45) is 0. The van der Waals surface area contributed by atoms with Crippen LogP contribution in [0.1, 0.15) is 33.3 Å². The SMILES string of the molecule is CCOC(=O)c1cc(-c2cc3c(cc2C(=O)O)OCO3)n(CCF)c1C. The molecule has 0 amide bonds. The second-order valence-electron chi connectivity index (χ2n) is 5.65. The van der Waals surface area contributed by atoms with Gasteiger partial charge in [-0.05, 0) is 32.0 Å². The molecule has 3 rings (SSSR count). The number of carboxylic acids is 1. The predicted molar refractivity (Wildman–Crippen MR) is 89.6 cm³/mol. The van der Waals surface area contributed by atoms with Crippen molar-refractivity contribution >= 4 is 11.9 Å². The highest BCUT2D eigenvalue weighted by molar-refractivity contribution is 5.99. The van der Waals surface area contributed by atoms with Gasteiger partial charge in [0.05, 0.1) is 30.0 Å². The van der Waals surface area contributed by atoms with Crippen LogP contribution < -0.4 is 9.47 Å². The lowest BCUT2D eigenvalue weighted by Crippen LogP contribution is -2.09. The molecule has 1 aromatic carbocycles. The van der Waals surface area contributed by atoms with Gasteiger partial charge < -0.3 is 23.9 Å². The first kappa shape index (κ1) is 17.8. The zero-order chi connectivity index (χ0) is 18.8. The number of aromatic nitrogens is 1. The van der Waals surface area contributed by atoms with E-state index in [0.29, 0.717) is 28.5 Å². The number of ether oxygens (including phenoxy) is 3. The number of aromatic carboxylic acids is 1. The van der Waals surface area contributed by atoms with E-state index < -0.39 is 18.6 Å². The second-order valence-corrected chi connectivity index (χ2v) is 5.65. The molecule has 1 aliphatic heterocycles. The minimum absolute atomic E-state index is 0.00353. The molecule has 26 heavy (non-hydrogen) atoms. The average Bonchev–Trinajstić information content (AvgIpc) is 3.19. The standard InChI is InChI=1S/C18H18FNO6/c1-3-24-18(23)11-6-14(20(5-4-19)10(11)2)12-7-15-16(26-9-25-15)8-13(12)17(21)22/h6-8H,3-5,9H2,1-2H3,(H,21,22). The topological polar surface area (TPSA) is 87.0 Å². The quantitative estimate of drug-likeness (QED) is 0.794. The maximum absolute atomic E-state index is 13.1. The van der Waals surface area contributed by atoms with Crippen LogP contribution in [0.4, 0.5) is 4.39 Å². The molecule has 0 radical (unpaired) electrons. The van der Waals surface area contributed by atoms with Crippen molar-refractivity contribution in [1.29, 1.82) is 0 Å². The number of hydrogen-bond acceptors (Lipinski definition) is 5. The maximum Gasteiger partial charge on any atom is 0.339 e.